The molecule has 0 radical (unpaired) electrons. The van der Waals surface area contributed by atoms with Crippen LogP contribution in [-0.4, -0.2) is 78.4 Å². The van der Waals surface area contributed by atoms with Crippen LogP contribution in [0, 0.1) is 0 Å². The van der Waals surface area contributed by atoms with Gasteiger partial charge in [0.15, 0.2) is 0 Å². The largest absolute Gasteiger partial charge is 0.481 e. The second kappa shape index (κ2) is 6.75. The van der Waals surface area contributed by atoms with Gasteiger partial charge in [-0.25, -0.2) is 9.59 Å². The van der Waals surface area contributed by atoms with E-state index in [0.717, 1.165) is 6.42 Å². The minimum atomic E-state index is -0.978. The van der Waals surface area contributed by atoms with Crippen molar-refractivity contribution in [2.75, 3.05) is 33.4 Å². The number of rotatable bonds is 3. The van der Waals surface area contributed by atoms with E-state index in [4.69, 9.17) is 14.6 Å². The van der Waals surface area contributed by atoms with Gasteiger partial charge in [0, 0.05) is 13.1 Å². The Hall–Kier alpha value is -1.83. The van der Waals surface area contributed by atoms with Crippen LogP contribution in [0.4, 0.5) is 4.79 Å². The molecule has 1 N–H and O–H groups in total. The van der Waals surface area contributed by atoms with Crippen LogP contribution < -0.4 is 0 Å². The Bertz CT molecular complexity index is 427. The van der Waals surface area contributed by atoms with E-state index in [1.807, 2.05) is 0 Å². The monoisotopic (exact) mass is 300 g/mol. The molecule has 2 saturated heterocycles. The highest BCUT2D eigenvalue weighted by Gasteiger charge is 2.39. The molecule has 0 spiro atoms. The number of urea groups is 1. The molecule has 0 aromatic rings. The van der Waals surface area contributed by atoms with Crippen molar-refractivity contribution in [2.45, 2.75) is 31.3 Å². The lowest BCUT2D eigenvalue weighted by atomic mass is 10.1. The summed E-state index contributed by atoms with van der Waals surface area (Å²) in [6.07, 6.45) is 1.15. The third-order valence-electron chi connectivity index (χ3n) is 3.86. The maximum atomic E-state index is 12.6. The normalized spacial score (nSPS) is 25.8. The van der Waals surface area contributed by atoms with Crippen LogP contribution in [0.15, 0.2) is 0 Å². The molecule has 2 atom stereocenters. The van der Waals surface area contributed by atoms with Crippen molar-refractivity contribution in [2.24, 2.45) is 0 Å². The number of carboxylic acid groups (broad SMARTS) is 1. The number of hydrogen-bond acceptors (Lipinski definition) is 5. The van der Waals surface area contributed by atoms with Gasteiger partial charge in [0.1, 0.15) is 6.04 Å². The molecule has 2 aliphatic heterocycles. The van der Waals surface area contributed by atoms with Crippen LogP contribution in [0.5, 0.6) is 0 Å². The standard InChI is InChI=1S/C13H20N2O6/c1-20-12(18)10-3-2-4-15(10)13(19)14-5-6-21-8-9(14)7-11(16)17/h9-10H,2-8H2,1H3,(H,16,17). The fourth-order valence-corrected chi connectivity index (χ4v) is 2.82. The van der Waals surface area contributed by atoms with Gasteiger partial charge in [-0.1, -0.05) is 0 Å². The molecule has 2 heterocycles. The molecule has 2 amide bonds. The van der Waals surface area contributed by atoms with Gasteiger partial charge in [-0.3, -0.25) is 4.79 Å². The molecule has 0 aromatic carbocycles. The van der Waals surface area contributed by atoms with E-state index < -0.39 is 24.0 Å². The Kier molecular flexibility index (Phi) is 5.00. The number of carboxylic acids is 1. The lowest BCUT2D eigenvalue weighted by molar-refractivity contribution is -0.145. The van der Waals surface area contributed by atoms with Gasteiger partial charge >= 0.3 is 18.0 Å². The van der Waals surface area contributed by atoms with Gasteiger partial charge in [0.2, 0.25) is 0 Å². The zero-order valence-electron chi connectivity index (χ0n) is 12.0. The molecule has 0 saturated carbocycles. The van der Waals surface area contributed by atoms with Crippen molar-refractivity contribution < 1.29 is 29.0 Å². The molecule has 0 aliphatic carbocycles. The van der Waals surface area contributed by atoms with Gasteiger partial charge in [-0.2, -0.15) is 0 Å². The van der Waals surface area contributed by atoms with E-state index in [1.54, 1.807) is 0 Å². The minimum Gasteiger partial charge on any atom is -0.481 e. The van der Waals surface area contributed by atoms with Crippen molar-refractivity contribution in [3.8, 4) is 0 Å². The third-order valence-corrected chi connectivity index (χ3v) is 3.86. The number of likely N-dealkylation sites (tertiary alicyclic amines) is 1. The van der Waals surface area contributed by atoms with Crippen LogP contribution in [0.25, 0.3) is 0 Å². The summed E-state index contributed by atoms with van der Waals surface area (Å²) in [5.74, 6) is -1.40. The number of carbonyl (C=O) groups is 3. The van der Waals surface area contributed by atoms with Crippen molar-refractivity contribution in [3.63, 3.8) is 0 Å². The number of aliphatic carboxylic acids is 1. The first-order chi connectivity index (χ1) is 10.0. The molecule has 2 unspecified atom stereocenters. The van der Waals surface area contributed by atoms with Gasteiger partial charge in [-0.15, -0.1) is 0 Å². The van der Waals surface area contributed by atoms with Gasteiger partial charge in [-0.05, 0) is 12.8 Å². The molecule has 8 nitrogen and oxygen atoms in total. The summed E-state index contributed by atoms with van der Waals surface area (Å²) in [4.78, 5) is 38.2. The van der Waals surface area contributed by atoms with E-state index in [9.17, 15) is 14.4 Å². The second-order valence-electron chi connectivity index (χ2n) is 5.18. The molecule has 2 fully saturated rings. The van der Waals surface area contributed by atoms with Gasteiger partial charge in [0.05, 0.1) is 32.8 Å². The van der Waals surface area contributed by atoms with Crippen LogP contribution in [0.1, 0.15) is 19.3 Å². The number of amides is 2. The lowest BCUT2D eigenvalue weighted by Crippen LogP contribution is -2.56. The quantitative estimate of drug-likeness (QED) is 0.732. The van der Waals surface area contributed by atoms with Crippen molar-refractivity contribution in [1.82, 2.24) is 9.80 Å². The number of methoxy groups -OCH3 is 1. The minimum absolute atomic E-state index is 0.164. The third kappa shape index (κ3) is 3.44. The van der Waals surface area contributed by atoms with E-state index in [0.29, 0.717) is 26.1 Å². The molecule has 0 bridgehead atoms. The summed E-state index contributed by atoms with van der Waals surface area (Å²) in [6, 6.07) is -1.38. The van der Waals surface area contributed by atoms with Crippen LogP contribution >= 0.6 is 0 Å². The smallest absolute Gasteiger partial charge is 0.328 e. The number of hydrogen-bond donors (Lipinski definition) is 1. The Labute approximate surface area is 122 Å². The summed E-state index contributed by atoms with van der Waals surface area (Å²) >= 11 is 0. The zero-order valence-corrected chi connectivity index (χ0v) is 12.0. The fourth-order valence-electron chi connectivity index (χ4n) is 2.82. The fraction of sp³-hybridized carbons (Fsp3) is 0.769. The van der Waals surface area contributed by atoms with Gasteiger partial charge < -0.3 is 24.4 Å². The van der Waals surface area contributed by atoms with Crippen molar-refractivity contribution in [1.29, 1.82) is 0 Å². The van der Waals surface area contributed by atoms with E-state index in [1.165, 1.54) is 16.9 Å². The topological polar surface area (TPSA) is 96.4 Å². The molecule has 118 valence electrons. The predicted molar refractivity (Wildman–Crippen MR) is 70.7 cm³/mol. The first-order valence-corrected chi connectivity index (χ1v) is 6.99. The summed E-state index contributed by atoms with van der Waals surface area (Å²) in [7, 11) is 1.30. The highest BCUT2D eigenvalue weighted by Crippen LogP contribution is 2.22. The highest BCUT2D eigenvalue weighted by molar-refractivity contribution is 5.84. The Morgan fingerprint density at radius 3 is 2.71 bits per heavy atom. The molecule has 0 aromatic heterocycles. The summed E-state index contributed by atoms with van der Waals surface area (Å²) < 4.78 is 9.98. The van der Waals surface area contributed by atoms with E-state index in [-0.39, 0.29) is 19.1 Å². The Balaban J connectivity index is 2.09. The highest BCUT2D eigenvalue weighted by atomic mass is 16.5. The predicted octanol–water partition coefficient (Wildman–Crippen LogP) is -0.0807. The van der Waals surface area contributed by atoms with Crippen LogP contribution in [-0.2, 0) is 19.1 Å². The van der Waals surface area contributed by atoms with Crippen LogP contribution in [0.2, 0.25) is 0 Å². The lowest BCUT2D eigenvalue weighted by Gasteiger charge is -2.38. The first kappa shape index (κ1) is 15.6. The maximum absolute atomic E-state index is 12.6. The van der Waals surface area contributed by atoms with Crippen LogP contribution in [0.3, 0.4) is 0 Å². The number of morpholine rings is 1. The average molecular weight is 300 g/mol. The van der Waals surface area contributed by atoms with Crippen molar-refractivity contribution >= 4 is 18.0 Å². The summed E-state index contributed by atoms with van der Waals surface area (Å²) in [5.41, 5.74) is 0. The zero-order chi connectivity index (χ0) is 15.4. The van der Waals surface area contributed by atoms with Gasteiger partial charge in [0.25, 0.3) is 0 Å². The number of esters is 1. The first-order valence-electron chi connectivity index (χ1n) is 6.99. The molecule has 2 aliphatic rings. The Morgan fingerprint density at radius 1 is 1.29 bits per heavy atom. The number of ether oxygens (including phenoxy) is 2. The van der Waals surface area contributed by atoms with E-state index >= 15 is 0 Å². The van der Waals surface area contributed by atoms with Crippen molar-refractivity contribution in [3.05, 3.63) is 0 Å². The maximum Gasteiger partial charge on any atom is 0.328 e. The molecule has 8 heteroatoms. The second-order valence-corrected chi connectivity index (χ2v) is 5.18. The average Bonchev–Trinajstić information content (AvgIpc) is 2.95. The molecule has 21 heavy (non-hydrogen) atoms. The molecular formula is C13H20N2O6. The molecular weight excluding hydrogens is 280 g/mol. The van der Waals surface area contributed by atoms with E-state index in [2.05, 4.69) is 0 Å². The summed E-state index contributed by atoms with van der Waals surface area (Å²) in [6.45, 7) is 1.39. The number of carbonyl (C=O) groups excluding carboxylic acids is 2. The SMILES string of the molecule is COC(=O)C1CCCN1C(=O)N1CCOCC1CC(=O)O. The summed E-state index contributed by atoms with van der Waals surface area (Å²) in [5, 5.41) is 8.93. The molecule has 2 rings (SSSR count). The number of nitrogens with zero attached hydrogens (tertiary/aromatic N) is 2. The Morgan fingerprint density at radius 2 is 2.05 bits per heavy atom.